The molecule has 0 aliphatic carbocycles. The number of hydrogen-bond donors (Lipinski definition) is 1. The molecule has 0 spiro atoms. The van der Waals surface area contributed by atoms with Crippen molar-refractivity contribution < 1.29 is 4.39 Å². The van der Waals surface area contributed by atoms with Crippen molar-refractivity contribution >= 4 is 23.4 Å². The first kappa shape index (κ1) is 13.4. The van der Waals surface area contributed by atoms with Gasteiger partial charge in [-0.3, -0.25) is 0 Å². The van der Waals surface area contributed by atoms with Crippen molar-refractivity contribution in [3.8, 4) is 0 Å². The van der Waals surface area contributed by atoms with E-state index in [2.05, 4.69) is 0 Å². The average Bonchev–Trinajstić information content (AvgIpc) is 2.41. The summed E-state index contributed by atoms with van der Waals surface area (Å²) in [6, 6.07) is 14.6. The van der Waals surface area contributed by atoms with E-state index in [9.17, 15) is 4.39 Å². The monoisotopic (exact) mass is 281 g/mol. The average molecular weight is 282 g/mol. The van der Waals surface area contributed by atoms with Crippen LogP contribution in [0, 0.1) is 0 Å². The van der Waals surface area contributed by atoms with Gasteiger partial charge in [-0.1, -0.05) is 41.6 Å². The van der Waals surface area contributed by atoms with E-state index in [1.54, 1.807) is 11.8 Å². The second-order valence-corrected chi connectivity index (χ2v) is 5.41. The first-order valence-corrected chi connectivity index (χ1v) is 6.74. The van der Waals surface area contributed by atoms with Crippen LogP contribution in [0.1, 0.15) is 11.6 Å². The van der Waals surface area contributed by atoms with Gasteiger partial charge in [-0.15, -0.1) is 0 Å². The van der Waals surface area contributed by atoms with Gasteiger partial charge in [0, 0.05) is 14.8 Å². The zero-order valence-corrected chi connectivity index (χ0v) is 11.2. The summed E-state index contributed by atoms with van der Waals surface area (Å²) >= 11 is 7.40. The Hall–Kier alpha value is -1.03. The number of alkyl halides is 1. The number of hydrogen-bond acceptors (Lipinski definition) is 2. The van der Waals surface area contributed by atoms with Gasteiger partial charge < -0.3 is 5.73 Å². The van der Waals surface area contributed by atoms with Crippen LogP contribution in [0.3, 0.4) is 0 Å². The van der Waals surface area contributed by atoms with Gasteiger partial charge in [-0.25, -0.2) is 4.39 Å². The summed E-state index contributed by atoms with van der Waals surface area (Å²) in [7, 11) is 0. The lowest BCUT2D eigenvalue weighted by molar-refractivity contribution is 0.434. The molecule has 0 saturated heterocycles. The second-order valence-electron chi connectivity index (χ2n) is 3.85. The van der Waals surface area contributed by atoms with Crippen LogP contribution in [0.25, 0.3) is 0 Å². The van der Waals surface area contributed by atoms with Crippen molar-refractivity contribution in [3.63, 3.8) is 0 Å². The van der Waals surface area contributed by atoms with Gasteiger partial charge in [-0.05, 0) is 35.9 Å². The number of benzene rings is 2. The maximum Gasteiger partial charge on any atom is 0.109 e. The summed E-state index contributed by atoms with van der Waals surface area (Å²) in [6.07, 6.45) is 0. The Labute approximate surface area is 115 Å². The van der Waals surface area contributed by atoms with Crippen molar-refractivity contribution in [2.45, 2.75) is 15.8 Å². The van der Waals surface area contributed by atoms with Crippen molar-refractivity contribution in [1.82, 2.24) is 0 Å². The van der Waals surface area contributed by atoms with Gasteiger partial charge in [0.2, 0.25) is 0 Å². The molecule has 0 fully saturated rings. The van der Waals surface area contributed by atoms with Crippen LogP contribution in [-0.2, 0) is 0 Å². The molecular weight excluding hydrogens is 269 g/mol. The van der Waals surface area contributed by atoms with E-state index < -0.39 is 12.7 Å². The topological polar surface area (TPSA) is 26.0 Å². The molecule has 2 aromatic carbocycles. The number of halogens is 2. The molecule has 2 rings (SSSR count). The molecular formula is C14H13ClFNS. The fourth-order valence-corrected chi connectivity index (χ4v) is 2.73. The van der Waals surface area contributed by atoms with Gasteiger partial charge in [0.05, 0.1) is 6.04 Å². The first-order valence-electron chi connectivity index (χ1n) is 5.54. The first-order chi connectivity index (χ1) is 8.70. The largest absolute Gasteiger partial charge is 0.322 e. The van der Waals surface area contributed by atoms with Gasteiger partial charge in [0.1, 0.15) is 6.67 Å². The molecule has 1 atom stereocenters. The number of nitrogens with two attached hydrogens (primary N) is 1. The molecule has 18 heavy (non-hydrogen) atoms. The van der Waals surface area contributed by atoms with Crippen LogP contribution in [0.2, 0.25) is 5.02 Å². The summed E-state index contributed by atoms with van der Waals surface area (Å²) in [5, 5.41) is 0.702. The SMILES string of the molecule is N[C@H](CF)c1ccccc1Sc1ccc(Cl)cc1. The highest BCUT2D eigenvalue weighted by Gasteiger charge is 2.11. The van der Waals surface area contributed by atoms with E-state index in [-0.39, 0.29) is 0 Å². The summed E-state index contributed by atoms with van der Waals surface area (Å²) in [6.45, 7) is -0.557. The Bertz CT molecular complexity index is 515. The minimum atomic E-state index is -0.569. The highest BCUT2D eigenvalue weighted by atomic mass is 35.5. The molecule has 1 nitrogen and oxygen atoms in total. The third-order valence-corrected chi connectivity index (χ3v) is 3.88. The maximum absolute atomic E-state index is 12.7. The smallest absolute Gasteiger partial charge is 0.109 e. The summed E-state index contributed by atoms with van der Waals surface area (Å²) in [5.74, 6) is 0. The summed E-state index contributed by atoms with van der Waals surface area (Å²) in [4.78, 5) is 2.03. The maximum atomic E-state index is 12.7. The van der Waals surface area contributed by atoms with Crippen LogP contribution in [0.4, 0.5) is 4.39 Å². The zero-order chi connectivity index (χ0) is 13.0. The molecule has 2 N–H and O–H groups in total. The molecule has 0 aliphatic heterocycles. The molecule has 0 unspecified atom stereocenters. The van der Waals surface area contributed by atoms with Crippen LogP contribution >= 0.6 is 23.4 Å². The third-order valence-electron chi connectivity index (χ3n) is 2.53. The molecule has 94 valence electrons. The minimum Gasteiger partial charge on any atom is -0.322 e. The summed E-state index contributed by atoms with van der Waals surface area (Å²) in [5.41, 5.74) is 6.60. The van der Waals surface area contributed by atoms with Crippen LogP contribution in [0.5, 0.6) is 0 Å². The van der Waals surface area contributed by atoms with E-state index >= 15 is 0 Å². The lowest BCUT2D eigenvalue weighted by Crippen LogP contribution is -2.12. The van der Waals surface area contributed by atoms with Crippen LogP contribution in [0.15, 0.2) is 58.3 Å². The van der Waals surface area contributed by atoms with E-state index in [0.29, 0.717) is 5.02 Å². The van der Waals surface area contributed by atoms with Gasteiger partial charge >= 0.3 is 0 Å². The van der Waals surface area contributed by atoms with E-state index in [0.717, 1.165) is 15.4 Å². The quantitative estimate of drug-likeness (QED) is 0.895. The lowest BCUT2D eigenvalue weighted by Gasteiger charge is -2.13. The standard InChI is InChI=1S/C14H13ClFNS/c15-10-5-7-11(8-6-10)18-14-4-2-1-3-12(14)13(17)9-16/h1-8,13H,9,17H2/t13-/m1/s1. The molecule has 4 heteroatoms. The highest BCUT2D eigenvalue weighted by Crippen LogP contribution is 2.33. The second kappa shape index (κ2) is 6.23. The molecule has 0 amide bonds. The van der Waals surface area contributed by atoms with E-state index in [4.69, 9.17) is 17.3 Å². The van der Waals surface area contributed by atoms with Gasteiger partial charge in [0.25, 0.3) is 0 Å². The minimum absolute atomic E-state index is 0.557. The lowest BCUT2D eigenvalue weighted by atomic mass is 10.1. The van der Waals surface area contributed by atoms with Crippen LogP contribution in [-0.4, -0.2) is 6.67 Å². The molecule has 0 aromatic heterocycles. The van der Waals surface area contributed by atoms with Gasteiger partial charge in [-0.2, -0.15) is 0 Å². The third kappa shape index (κ3) is 3.25. The fraction of sp³-hybridized carbons (Fsp3) is 0.143. The molecule has 0 radical (unpaired) electrons. The van der Waals surface area contributed by atoms with Crippen molar-refractivity contribution in [2.24, 2.45) is 5.73 Å². The van der Waals surface area contributed by atoms with Crippen molar-refractivity contribution in [3.05, 3.63) is 59.1 Å². The predicted octanol–water partition coefficient (Wildman–Crippen LogP) is 4.46. The van der Waals surface area contributed by atoms with Crippen LogP contribution < -0.4 is 5.73 Å². The van der Waals surface area contributed by atoms with Crippen molar-refractivity contribution in [2.75, 3.05) is 6.67 Å². The fourth-order valence-electron chi connectivity index (χ4n) is 1.59. The molecule has 0 aliphatic rings. The van der Waals surface area contributed by atoms with Gasteiger partial charge in [0.15, 0.2) is 0 Å². The molecule has 0 bridgehead atoms. The zero-order valence-electron chi connectivity index (χ0n) is 9.64. The number of rotatable bonds is 4. The summed E-state index contributed by atoms with van der Waals surface area (Å²) < 4.78 is 12.7. The Morgan fingerprint density at radius 1 is 1.11 bits per heavy atom. The highest BCUT2D eigenvalue weighted by molar-refractivity contribution is 7.99. The van der Waals surface area contributed by atoms with Crippen molar-refractivity contribution in [1.29, 1.82) is 0 Å². The Morgan fingerprint density at radius 2 is 1.78 bits per heavy atom. The Morgan fingerprint density at radius 3 is 2.44 bits per heavy atom. The van der Waals surface area contributed by atoms with E-state index in [1.807, 2.05) is 48.5 Å². The molecule has 2 aromatic rings. The molecule has 0 heterocycles. The van der Waals surface area contributed by atoms with E-state index in [1.165, 1.54) is 0 Å². The molecule has 0 saturated carbocycles. The predicted molar refractivity (Wildman–Crippen MR) is 74.9 cm³/mol. The Kier molecular flexibility index (Phi) is 4.64. The Balaban J connectivity index is 2.26. The normalized spacial score (nSPS) is 12.4.